The maximum absolute atomic E-state index is 10.9. The van der Waals surface area contributed by atoms with Crippen LogP contribution in [0.5, 0.6) is 0 Å². The molecule has 0 aliphatic heterocycles. The van der Waals surface area contributed by atoms with E-state index in [-0.39, 0.29) is 5.91 Å². The lowest BCUT2D eigenvalue weighted by molar-refractivity contribution is -0.120. The summed E-state index contributed by atoms with van der Waals surface area (Å²) < 4.78 is 0. The Balaban J connectivity index is 3.04. The molecule has 0 aliphatic rings. The van der Waals surface area contributed by atoms with Gasteiger partial charge in [-0.25, -0.2) is 4.79 Å². The molecule has 0 radical (unpaired) electrons. The van der Waals surface area contributed by atoms with E-state index in [1.165, 1.54) is 0 Å². The molecule has 0 bridgehead atoms. The molecule has 0 heterocycles. The second-order valence-electron chi connectivity index (χ2n) is 3.70. The maximum atomic E-state index is 10.9. The minimum absolute atomic E-state index is 0.102. The Morgan fingerprint density at radius 1 is 0.938 bits per heavy atom. The molecule has 0 atom stereocenters. The highest BCUT2D eigenvalue weighted by atomic mass is 16.4. The maximum Gasteiger partial charge on any atom is 0.404 e. The number of unbranched alkanes of at least 4 members (excludes halogenated alkanes) is 4. The van der Waals surface area contributed by atoms with Gasteiger partial charge >= 0.3 is 6.09 Å². The van der Waals surface area contributed by atoms with Crippen LogP contribution in [0.3, 0.4) is 0 Å². The van der Waals surface area contributed by atoms with Gasteiger partial charge in [0, 0.05) is 19.5 Å². The molecule has 0 unspecified atom stereocenters. The van der Waals surface area contributed by atoms with Crippen molar-refractivity contribution in [2.24, 2.45) is 0 Å². The molecule has 0 spiro atoms. The molecule has 0 aromatic heterocycles. The average Bonchev–Trinajstić information content (AvgIpc) is 2.26. The van der Waals surface area contributed by atoms with E-state index in [1.807, 2.05) is 6.92 Å². The van der Waals surface area contributed by atoms with Crippen molar-refractivity contribution in [3.63, 3.8) is 0 Å². The summed E-state index contributed by atoms with van der Waals surface area (Å²) in [6.45, 7) is 3.12. The van der Waals surface area contributed by atoms with E-state index < -0.39 is 6.09 Å². The van der Waals surface area contributed by atoms with Crippen molar-refractivity contribution in [1.29, 1.82) is 0 Å². The first kappa shape index (κ1) is 14.7. The molecule has 5 heteroatoms. The molecular weight excluding hydrogens is 208 g/mol. The van der Waals surface area contributed by atoms with Crippen LogP contribution in [0.2, 0.25) is 0 Å². The quantitative estimate of drug-likeness (QED) is 0.528. The molecule has 0 aromatic carbocycles. The molecule has 0 fully saturated rings. The minimum atomic E-state index is -0.956. The minimum Gasteiger partial charge on any atom is -0.465 e. The third kappa shape index (κ3) is 10.8. The van der Waals surface area contributed by atoms with Gasteiger partial charge in [-0.2, -0.15) is 0 Å². The van der Waals surface area contributed by atoms with Crippen molar-refractivity contribution in [1.82, 2.24) is 10.6 Å². The lowest BCUT2D eigenvalue weighted by Crippen LogP contribution is -2.23. The fourth-order valence-corrected chi connectivity index (χ4v) is 1.33. The number of carbonyl (C=O) groups is 2. The summed E-state index contributed by atoms with van der Waals surface area (Å²) in [7, 11) is 0. The van der Waals surface area contributed by atoms with Crippen LogP contribution in [0, 0.1) is 0 Å². The Labute approximate surface area is 96.6 Å². The third-order valence-corrected chi connectivity index (χ3v) is 2.27. The summed E-state index contributed by atoms with van der Waals surface area (Å²) in [5, 5.41) is 13.5. The van der Waals surface area contributed by atoms with Crippen molar-refractivity contribution < 1.29 is 14.7 Å². The van der Waals surface area contributed by atoms with Gasteiger partial charge in [0.2, 0.25) is 5.91 Å². The van der Waals surface area contributed by atoms with Gasteiger partial charge in [0.15, 0.2) is 0 Å². The van der Waals surface area contributed by atoms with E-state index >= 15 is 0 Å². The lowest BCUT2D eigenvalue weighted by Gasteiger charge is -2.03. The van der Waals surface area contributed by atoms with Crippen molar-refractivity contribution in [2.75, 3.05) is 13.1 Å². The van der Waals surface area contributed by atoms with Gasteiger partial charge in [-0.3, -0.25) is 4.79 Å². The molecule has 0 aromatic rings. The van der Waals surface area contributed by atoms with E-state index in [2.05, 4.69) is 10.6 Å². The standard InChI is InChI=1S/C11H22N2O3/c1-2-10(14)12-8-6-4-3-5-7-9-13-11(15)16/h13H,2-9H2,1H3,(H,12,14)(H,15,16). The van der Waals surface area contributed by atoms with Crippen molar-refractivity contribution >= 4 is 12.0 Å². The van der Waals surface area contributed by atoms with Gasteiger partial charge in [0.1, 0.15) is 0 Å². The number of hydrogen-bond acceptors (Lipinski definition) is 2. The summed E-state index contributed by atoms with van der Waals surface area (Å²) in [6.07, 6.45) is 4.66. The van der Waals surface area contributed by atoms with Gasteiger partial charge in [0.05, 0.1) is 0 Å². The normalized spacial score (nSPS) is 9.81. The van der Waals surface area contributed by atoms with Crippen LogP contribution < -0.4 is 10.6 Å². The van der Waals surface area contributed by atoms with Crippen molar-refractivity contribution in [2.45, 2.75) is 45.4 Å². The topological polar surface area (TPSA) is 78.4 Å². The van der Waals surface area contributed by atoms with Gasteiger partial charge < -0.3 is 15.7 Å². The van der Waals surface area contributed by atoms with Crippen LogP contribution in [0.25, 0.3) is 0 Å². The Bertz CT molecular complexity index is 207. The highest BCUT2D eigenvalue weighted by Gasteiger charge is 1.96. The first-order valence-corrected chi connectivity index (χ1v) is 5.90. The Morgan fingerprint density at radius 3 is 1.94 bits per heavy atom. The molecule has 16 heavy (non-hydrogen) atoms. The van der Waals surface area contributed by atoms with Crippen LogP contribution in [0.4, 0.5) is 4.79 Å². The van der Waals surface area contributed by atoms with Gasteiger partial charge in [-0.1, -0.05) is 26.2 Å². The fraction of sp³-hybridized carbons (Fsp3) is 0.818. The number of nitrogens with one attached hydrogen (secondary N) is 2. The number of amides is 2. The summed E-state index contributed by atoms with van der Waals surface area (Å²) in [4.78, 5) is 21.0. The fourth-order valence-electron chi connectivity index (χ4n) is 1.33. The first-order chi connectivity index (χ1) is 7.66. The van der Waals surface area contributed by atoms with E-state index in [9.17, 15) is 9.59 Å². The zero-order valence-electron chi connectivity index (χ0n) is 9.92. The zero-order chi connectivity index (χ0) is 12.2. The van der Waals surface area contributed by atoms with Crippen LogP contribution in [0.15, 0.2) is 0 Å². The van der Waals surface area contributed by atoms with Crippen LogP contribution in [0.1, 0.15) is 45.4 Å². The zero-order valence-corrected chi connectivity index (χ0v) is 9.92. The number of carboxylic acid groups (broad SMARTS) is 1. The third-order valence-electron chi connectivity index (χ3n) is 2.27. The Kier molecular flexibility index (Phi) is 9.46. The second kappa shape index (κ2) is 10.3. The van der Waals surface area contributed by atoms with Gasteiger partial charge in [-0.05, 0) is 12.8 Å². The molecule has 0 rings (SSSR count). The van der Waals surface area contributed by atoms with Crippen molar-refractivity contribution in [3.05, 3.63) is 0 Å². The highest BCUT2D eigenvalue weighted by Crippen LogP contribution is 2.01. The van der Waals surface area contributed by atoms with Gasteiger partial charge in [0.25, 0.3) is 0 Å². The predicted molar refractivity (Wildman–Crippen MR) is 62.4 cm³/mol. The first-order valence-electron chi connectivity index (χ1n) is 5.90. The summed E-state index contributed by atoms with van der Waals surface area (Å²) >= 11 is 0. The molecular formula is C11H22N2O3. The van der Waals surface area contributed by atoms with Crippen LogP contribution in [-0.4, -0.2) is 30.2 Å². The highest BCUT2D eigenvalue weighted by molar-refractivity contribution is 5.75. The molecule has 0 saturated carbocycles. The molecule has 3 N–H and O–H groups in total. The molecule has 0 saturated heterocycles. The van der Waals surface area contributed by atoms with E-state index in [1.54, 1.807) is 0 Å². The number of hydrogen-bond donors (Lipinski definition) is 3. The Hall–Kier alpha value is -1.26. The molecule has 2 amide bonds. The van der Waals surface area contributed by atoms with Gasteiger partial charge in [-0.15, -0.1) is 0 Å². The predicted octanol–water partition coefficient (Wildman–Crippen LogP) is 1.73. The SMILES string of the molecule is CCC(=O)NCCCCCCCNC(=O)O. The van der Waals surface area contributed by atoms with E-state index in [4.69, 9.17) is 5.11 Å². The summed E-state index contributed by atoms with van der Waals surface area (Å²) in [5.41, 5.74) is 0. The lowest BCUT2D eigenvalue weighted by atomic mass is 10.1. The molecule has 0 aliphatic carbocycles. The van der Waals surface area contributed by atoms with Crippen LogP contribution >= 0.6 is 0 Å². The molecule has 5 nitrogen and oxygen atoms in total. The van der Waals surface area contributed by atoms with E-state index in [0.29, 0.717) is 13.0 Å². The smallest absolute Gasteiger partial charge is 0.404 e. The largest absolute Gasteiger partial charge is 0.465 e. The number of carbonyl (C=O) groups excluding carboxylic acids is 1. The monoisotopic (exact) mass is 230 g/mol. The second-order valence-corrected chi connectivity index (χ2v) is 3.70. The van der Waals surface area contributed by atoms with Crippen molar-refractivity contribution in [3.8, 4) is 0 Å². The molecule has 94 valence electrons. The summed E-state index contributed by atoms with van der Waals surface area (Å²) in [5.74, 6) is 0.102. The number of rotatable bonds is 9. The van der Waals surface area contributed by atoms with Crippen LogP contribution in [-0.2, 0) is 4.79 Å². The summed E-state index contributed by atoms with van der Waals surface area (Å²) in [6, 6.07) is 0. The average molecular weight is 230 g/mol. The Morgan fingerprint density at radius 2 is 1.44 bits per heavy atom. The van der Waals surface area contributed by atoms with E-state index in [0.717, 1.165) is 38.6 Å².